The van der Waals surface area contributed by atoms with E-state index in [1.807, 2.05) is 6.92 Å². The summed E-state index contributed by atoms with van der Waals surface area (Å²) >= 11 is 0. The molecule has 1 saturated heterocycles. The van der Waals surface area contributed by atoms with E-state index in [0.29, 0.717) is 29.3 Å². The predicted molar refractivity (Wildman–Crippen MR) is 99.9 cm³/mol. The van der Waals surface area contributed by atoms with E-state index in [9.17, 15) is 14.4 Å². The van der Waals surface area contributed by atoms with Gasteiger partial charge in [0, 0.05) is 5.69 Å². The molecule has 7 nitrogen and oxygen atoms in total. The lowest BCUT2D eigenvalue weighted by molar-refractivity contribution is -0.121. The number of nitrogens with zero attached hydrogens (tertiary/aromatic N) is 1. The molecular formula is C20H20N2O5. The number of amides is 2. The first kappa shape index (κ1) is 18.4. The number of esters is 1. The molecule has 1 atom stereocenters. The van der Waals surface area contributed by atoms with E-state index in [2.05, 4.69) is 5.32 Å². The third kappa shape index (κ3) is 3.76. The second-order valence-corrected chi connectivity index (χ2v) is 5.93. The summed E-state index contributed by atoms with van der Waals surface area (Å²) < 4.78 is 10.1. The largest absolute Gasteiger partial charge is 0.494 e. The topological polar surface area (TPSA) is 84.9 Å². The number of rotatable bonds is 6. The molecule has 7 heteroatoms. The van der Waals surface area contributed by atoms with Crippen LogP contribution in [0.3, 0.4) is 0 Å². The highest BCUT2D eigenvalue weighted by Gasteiger charge is 2.40. The van der Waals surface area contributed by atoms with Crippen LogP contribution in [0.4, 0.5) is 11.4 Å². The Morgan fingerprint density at radius 2 is 1.85 bits per heavy atom. The van der Waals surface area contributed by atoms with E-state index >= 15 is 0 Å². The van der Waals surface area contributed by atoms with Crippen molar-refractivity contribution in [3.8, 4) is 5.75 Å². The van der Waals surface area contributed by atoms with Gasteiger partial charge in [-0.15, -0.1) is 0 Å². The van der Waals surface area contributed by atoms with E-state index in [1.54, 1.807) is 48.5 Å². The van der Waals surface area contributed by atoms with Crippen molar-refractivity contribution in [2.45, 2.75) is 19.4 Å². The van der Waals surface area contributed by atoms with Crippen molar-refractivity contribution in [1.82, 2.24) is 0 Å². The summed E-state index contributed by atoms with van der Waals surface area (Å²) in [5, 5.41) is 3.00. The van der Waals surface area contributed by atoms with Crippen LogP contribution in [0.5, 0.6) is 5.75 Å². The number of hydrogen-bond donors (Lipinski definition) is 1. The SMILES string of the molecule is CCOc1ccc(N2C(=O)C[C@H](Nc3ccccc3C(=O)OC)C2=O)cc1. The van der Waals surface area contributed by atoms with Gasteiger partial charge in [-0.1, -0.05) is 12.1 Å². The normalized spacial score (nSPS) is 16.4. The zero-order valence-corrected chi connectivity index (χ0v) is 15.1. The van der Waals surface area contributed by atoms with Gasteiger partial charge >= 0.3 is 5.97 Å². The number of nitrogens with one attached hydrogen (secondary N) is 1. The molecule has 3 rings (SSSR count). The van der Waals surface area contributed by atoms with Crippen molar-refractivity contribution in [2.75, 3.05) is 23.9 Å². The summed E-state index contributed by atoms with van der Waals surface area (Å²) in [4.78, 5) is 38.2. The van der Waals surface area contributed by atoms with Crippen LogP contribution >= 0.6 is 0 Å². The molecule has 1 N–H and O–H groups in total. The zero-order valence-electron chi connectivity index (χ0n) is 15.1. The molecule has 1 aliphatic rings. The minimum Gasteiger partial charge on any atom is -0.494 e. The number of carbonyl (C=O) groups is 3. The van der Waals surface area contributed by atoms with E-state index in [4.69, 9.17) is 9.47 Å². The monoisotopic (exact) mass is 368 g/mol. The molecule has 27 heavy (non-hydrogen) atoms. The molecule has 0 saturated carbocycles. The number of carbonyl (C=O) groups excluding carboxylic acids is 3. The van der Waals surface area contributed by atoms with E-state index in [1.165, 1.54) is 7.11 Å². The van der Waals surface area contributed by atoms with Crippen LogP contribution < -0.4 is 15.0 Å². The number of methoxy groups -OCH3 is 1. The molecule has 1 aliphatic heterocycles. The van der Waals surface area contributed by atoms with Gasteiger partial charge in [0.15, 0.2) is 0 Å². The molecule has 2 aromatic carbocycles. The molecule has 2 amide bonds. The summed E-state index contributed by atoms with van der Waals surface area (Å²) in [5.41, 5.74) is 1.24. The molecule has 1 fully saturated rings. The first-order valence-electron chi connectivity index (χ1n) is 8.58. The average Bonchev–Trinajstić information content (AvgIpc) is 2.96. The van der Waals surface area contributed by atoms with Gasteiger partial charge in [-0.25, -0.2) is 9.69 Å². The molecule has 0 unspecified atom stereocenters. The maximum atomic E-state index is 12.8. The average molecular weight is 368 g/mol. The Bertz CT molecular complexity index is 863. The van der Waals surface area contributed by atoms with Crippen LogP contribution in [-0.2, 0) is 14.3 Å². The Balaban J connectivity index is 1.80. The highest BCUT2D eigenvalue weighted by Crippen LogP contribution is 2.27. The van der Waals surface area contributed by atoms with Gasteiger partial charge in [-0.3, -0.25) is 9.59 Å². The fourth-order valence-electron chi connectivity index (χ4n) is 2.96. The molecular weight excluding hydrogens is 348 g/mol. The zero-order chi connectivity index (χ0) is 19.4. The van der Waals surface area contributed by atoms with Crippen LogP contribution in [0.25, 0.3) is 0 Å². The molecule has 2 aromatic rings. The number of para-hydroxylation sites is 1. The number of anilines is 2. The molecule has 0 spiro atoms. The Kier molecular flexibility index (Phi) is 5.40. The Morgan fingerprint density at radius 3 is 2.52 bits per heavy atom. The molecule has 0 radical (unpaired) electrons. The highest BCUT2D eigenvalue weighted by atomic mass is 16.5. The van der Waals surface area contributed by atoms with E-state index < -0.39 is 12.0 Å². The Labute approximate surface area is 156 Å². The van der Waals surface area contributed by atoms with Crippen LogP contribution in [0, 0.1) is 0 Å². The van der Waals surface area contributed by atoms with Gasteiger partial charge in [-0.2, -0.15) is 0 Å². The molecule has 1 heterocycles. The lowest BCUT2D eigenvalue weighted by Gasteiger charge is -2.17. The maximum Gasteiger partial charge on any atom is 0.339 e. The minimum atomic E-state index is -0.755. The fraction of sp³-hybridized carbons (Fsp3) is 0.250. The van der Waals surface area contributed by atoms with Gasteiger partial charge in [0.1, 0.15) is 11.8 Å². The first-order chi connectivity index (χ1) is 13.0. The molecule has 0 bridgehead atoms. The molecule has 0 aromatic heterocycles. The quantitative estimate of drug-likeness (QED) is 0.623. The summed E-state index contributed by atoms with van der Waals surface area (Å²) in [5.74, 6) is -0.527. The minimum absolute atomic E-state index is 0.00154. The third-order valence-electron chi connectivity index (χ3n) is 4.21. The number of imide groups is 1. The third-order valence-corrected chi connectivity index (χ3v) is 4.21. The van der Waals surface area contributed by atoms with Crippen LogP contribution in [0.1, 0.15) is 23.7 Å². The lowest BCUT2D eigenvalue weighted by Crippen LogP contribution is -2.35. The van der Waals surface area contributed by atoms with Gasteiger partial charge in [0.05, 0.1) is 31.4 Å². The summed E-state index contributed by atoms with van der Waals surface area (Å²) in [6.07, 6.45) is 0.00154. The highest BCUT2D eigenvalue weighted by molar-refractivity contribution is 6.23. The Hall–Kier alpha value is -3.35. The second kappa shape index (κ2) is 7.90. The summed E-state index contributed by atoms with van der Waals surface area (Å²) in [7, 11) is 1.29. The van der Waals surface area contributed by atoms with Crippen molar-refractivity contribution in [3.63, 3.8) is 0 Å². The summed E-state index contributed by atoms with van der Waals surface area (Å²) in [6, 6.07) is 12.7. The number of ether oxygens (including phenoxy) is 2. The van der Waals surface area contributed by atoms with Gasteiger partial charge in [0.2, 0.25) is 5.91 Å². The van der Waals surface area contributed by atoms with Crippen molar-refractivity contribution < 1.29 is 23.9 Å². The van der Waals surface area contributed by atoms with Gasteiger partial charge in [0.25, 0.3) is 5.91 Å². The smallest absolute Gasteiger partial charge is 0.339 e. The van der Waals surface area contributed by atoms with Crippen LogP contribution in [-0.4, -0.2) is 37.5 Å². The first-order valence-corrected chi connectivity index (χ1v) is 8.58. The van der Waals surface area contributed by atoms with Crippen molar-refractivity contribution in [1.29, 1.82) is 0 Å². The van der Waals surface area contributed by atoms with E-state index in [-0.39, 0.29) is 18.2 Å². The predicted octanol–water partition coefficient (Wildman–Crippen LogP) is 2.62. The number of benzene rings is 2. The van der Waals surface area contributed by atoms with Crippen LogP contribution in [0.15, 0.2) is 48.5 Å². The van der Waals surface area contributed by atoms with E-state index in [0.717, 1.165) is 4.90 Å². The van der Waals surface area contributed by atoms with Crippen molar-refractivity contribution in [2.24, 2.45) is 0 Å². The van der Waals surface area contributed by atoms with Crippen molar-refractivity contribution in [3.05, 3.63) is 54.1 Å². The fourth-order valence-corrected chi connectivity index (χ4v) is 2.96. The Morgan fingerprint density at radius 1 is 1.15 bits per heavy atom. The van der Waals surface area contributed by atoms with Gasteiger partial charge in [-0.05, 0) is 43.3 Å². The summed E-state index contributed by atoms with van der Waals surface area (Å²) in [6.45, 7) is 2.41. The molecule has 0 aliphatic carbocycles. The standard InChI is InChI=1S/C20H20N2O5/c1-3-27-14-10-8-13(9-11-14)22-18(23)12-17(19(22)24)21-16-7-5-4-6-15(16)20(25)26-2/h4-11,17,21H,3,12H2,1-2H3/t17-/m0/s1. The maximum absolute atomic E-state index is 12.8. The second-order valence-electron chi connectivity index (χ2n) is 5.93. The molecule has 140 valence electrons. The van der Waals surface area contributed by atoms with Crippen molar-refractivity contribution >= 4 is 29.2 Å². The number of hydrogen-bond acceptors (Lipinski definition) is 6. The lowest BCUT2D eigenvalue weighted by atomic mass is 10.1. The van der Waals surface area contributed by atoms with Crippen LogP contribution in [0.2, 0.25) is 0 Å². The van der Waals surface area contributed by atoms with Gasteiger partial charge < -0.3 is 14.8 Å².